The largest absolute Gasteiger partial charge is 0.416 e. The van der Waals surface area contributed by atoms with Gasteiger partial charge in [-0.15, -0.1) is 12.6 Å². The molecule has 0 bridgehead atoms. The molecule has 0 amide bonds. The minimum atomic E-state index is -4.39. The van der Waals surface area contributed by atoms with Crippen molar-refractivity contribution in [2.75, 3.05) is 0 Å². The van der Waals surface area contributed by atoms with Crippen molar-refractivity contribution in [2.45, 2.75) is 11.1 Å². The van der Waals surface area contributed by atoms with Crippen molar-refractivity contribution in [1.29, 1.82) is 0 Å². The third-order valence-corrected chi connectivity index (χ3v) is 1.87. The van der Waals surface area contributed by atoms with Crippen molar-refractivity contribution in [2.24, 2.45) is 0 Å². The smallest absolute Gasteiger partial charge is 0.298 e. The third kappa shape index (κ3) is 2.24. The van der Waals surface area contributed by atoms with Crippen molar-refractivity contribution in [3.05, 3.63) is 29.3 Å². The Kier molecular flexibility index (Phi) is 2.66. The van der Waals surface area contributed by atoms with Crippen LogP contribution in [0.2, 0.25) is 0 Å². The van der Waals surface area contributed by atoms with E-state index in [1.807, 2.05) is 0 Å². The lowest BCUT2D eigenvalue weighted by atomic mass is 10.1. The zero-order valence-electron chi connectivity index (χ0n) is 6.30. The molecule has 13 heavy (non-hydrogen) atoms. The molecule has 0 radical (unpaired) electrons. The van der Waals surface area contributed by atoms with E-state index in [9.17, 15) is 18.0 Å². The maximum Gasteiger partial charge on any atom is 0.416 e. The van der Waals surface area contributed by atoms with Crippen LogP contribution in [0.15, 0.2) is 23.1 Å². The summed E-state index contributed by atoms with van der Waals surface area (Å²) in [4.78, 5) is 10.3. The summed E-state index contributed by atoms with van der Waals surface area (Å²) in [6, 6.07) is 2.77. The predicted molar refractivity (Wildman–Crippen MR) is 44.1 cm³/mol. The summed E-state index contributed by atoms with van der Waals surface area (Å²) in [6.45, 7) is 0. The molecule has 0 N–H and O–H groups in total. The number of thiol groups is 1. The van der Waals surface area contributed by atoms with E-state index in [0.29, 0.717) is 6.29 Å². The average Bonchev–Trinajstić information content (AvgIpc) is 2.02. The minimum Gasteiger partial charge on any atom is -0.298 e. The first kappa shape index (κ1) is 10.1. The Labute approximate surface area is 78.0 Å². The van der Waals surface area contributed by atoms with Gasteiger partial charge in [0.15, 0.2) is 6.29 Å². The minimum absolute atomic E-state index is 0.0322. The van der Waals surface area contributed by atoms with Crippen LogP contribution in [0.5, 0.6) is 0 Å². The van der Waals surface area contributed by atoms with Crippen molar-refractivity contribution in [1.82, 2.24) is 0 Å². The van der Waals surface area contributed by atoms with Crippen LogP contribution in [0.3, 0.4) is 0 Å². The Hall–Kier alpha value is -0.970. The van der Waals surface area contributed by atoms with E-state index in [1.54, 1.807) is 0 Å². The Bertz CT molecular complexity index is 333. The second kappa shape index (κ2) is 3.41. The highest BCUT2D eigenvalue weighted by Gasteiger charge is 2.30. The van der Waals surface area contributed by atoms with Gasteiger partial charge in [-0.2, -0.15) is 13.2 Å². The van der Waals surface area contributed by atoms with Gasteiger partial charge in [0.2, 0.25) is 0 Å². The first-order valence-corrected chi connectivity index (χ1v) is 3.75. The van der Waals surface area contributed by atoms with Crippen LogP contribution in [-0.4, -0.2) is 6.29 Å². The SMILES string of the molecule is O=Cc1ccc(C(F)(F)F)cc1S. The molecule has 5 heteroatoms. The summed E-state index contributed by atoms with van der Waals surface area (Å²) >= 11 is 3.75. The average molecular weight is 206 g/mol. The highest BCUT2D eigenvalue weighted by Crippen LogP contribution is 2.31. The molecule has 0 unspecified atom stereocenters. The lowest BCUT2D eigenvalue weighted by molar-refractivity contribution is -0.137. The number of hydrogen-bond donors (Lipinski definition) is 1. The van der Waals surface area contributed by atoms with Gasteiger partial charge in [0.25, 0.3) is 0 Å². The first-order chi connectivity index (χ1) is 5.95. The van der Waals surface area contributed by atoms with Crippen LogP contribution < -0.4 is 0 Å². The molecule has 70 valence electrons. The number of halogens is 3. The Morgan fingerprint density at radius 3 is 2.31 bits per heavy atom. The van der Waals surface area contributed by atoms with Gasteiger partial charge in [-0.25, -0.2) is 0 Å². The monoisotopic (exact) mass is 206 g/mol. The second-order valence-corrected chi connectivity index (χ2v) is 2.87. The van der Waals surface area contributed by atoms with Gasteiger partial charge < -0.3 is 0 Å². The zero-order valence-corrected chi connectivity index (χ0v) is 7.19. The lowest BCUT2D eigenvalue weighted by Crippen LogP contribution is -2.05. The first-order valence-electron chi connectivity index (χ1n) is 3.30. The molecule has 0 saturated carbocycles. The molecule has 0 atom stereocenters. The van der Waals surface area contributed by atoms with E-state index in [2.05, 4.69) is 12.6 Å². The standard InChI is InChI=1S/C8H5F3OS/c9-8(10,11)6-2-1-5(4-12)7(13)3-6/h1-4,13H. The fourth-order valence-corrected chi connectivity index (χ4v) is 1.09. The molecular weight excluding hydrogens is 201 g/mol. The molecule has 1 rings (SSSR count). The normalized spacial score (nSPS) is 11.4. The maximum atomic E-state index is 12.1. The number of carbonyl (C=O) groups is 1. The van der Waals surface area contributed by atoms with Gasteiger partial charge in [-0.05, 0) is 18.2 Å². The molecule has 1 aromatic carbocycles. The van der Waals surface area contributed by atoms with Gasteiger partial charge in [0.1, 0.15) is 0 Å². The molecule has 0 heterocycles. The molecule has 0 saturated heterocycles. The fourth-order valence-electron chi connectivity index (χ4n) is 0.820. The number of alkyl halides is 3. The number of hydrogen-bond acceptors (Lipinski definition) is 2. The van der Waals surface area contributed by atoms with E-state index in [-0.39, 0.29) is 10.5 Å². The molecule has 1 nitrogen and oxygen atoms in total. The predicted octanol–water partition coefficient (Wildman–Crippen LogP) is 2.81. The van der Waals surface area contributed by atoms with Crippen LogP contribution in [0.1, 0.15) is 15.9 Å². The molecule has 0 fully saturated rings. The van der Waals surface area contributed by atoms with Crippen molar-refractivity contribution >= 4 is 18.9 Å². The third-order valence-electron chi connectivity index (χ3n) is 1.48. The van der Waals surface area contributed by atoms with Crippen LogP contribution in [-0.2, 0) is 6.18 Å². The van der Waals surface area contributed by atoms with E-state index >= 15 is 0 Å². The van der Waals surface area contributed by atoms with Gasteiger partial charge >= 0.3 is 6.18 Å². The van der Waals surface area contributed by atoms with Crippen LogP contribution >= 0.6 is 12.6 Å². The quantitative estimate of drug-likeness (QED) is 0.552. The van der Waals surface area contributed by atoms with Gasteiger partial charge in [0, 0.05) is 10.5 Å². The van der Waals surface area contributed by atoms with Crippen molar-refractivity contribution in [3.8, 4) is 0 Å². The Morgan fingerprint density at radius 1 is 1.31 bits per heavy atom. The molecule has 0 aliphatic rings. The topological polar surface area (TPSA) is 17.1 Å². The fraction of sp³-hybridized carbons (Fsp3) is 0.125. The summed E-state index contributed by atoms with van der Waals surface area (Å²) in [5.41, 5.74) is -0.653. The molecule has 0 aromatic heterocycles. The summed E-state index contributed by atoms with van der Waals surface area (Å²) in [5, 5.41) is 0. The van der Waals surface area contributed by atoms with E-state index < -0.39 is 11.7 Å². The Balaban J connectivity index is 3.17. The molecule has 0 aliphatic carbocycles. The van der Waals surface area contributed by atoms with Crippen molar-refractivity contribution in [3.63, 3.8) is 0 Å². The summed E-state index contributed by atoms with van der Waals surface area (Å²) < 4.78 is 36.2. The number of carbonyl (C=O) groups excluding carboxylic acids is 1. The highest BCUT2D eigenvalue weighted by atomic mass is 32.1. The van der Waals surface area contributed by atoms with Gasteiger partial charge in [-0.1, -0.05) is 0 Å². The number of rotatable bonds is 1. The van der Waals surface area contributed by atoms with Gasteiger partial charge in [-0.3, -0.25) is 4.79 Å². The maximum absolute atomic E-state index is 12.1. The lowest BCUT2D eigenvalue weighted by Gasteiger charge is -2.07. The van der Waals surface area contributed by atoms with Gasteiger partial charge in [0.05, 0.1) is 5.56 Å². The summed E-state index contributed by atoms with van der Waals surface area (Å²) in [7, 11) is 0. The van der Waals surface area contributed by atoms with Crippen molar-refractivity contribution < 1.29 is 18.0 Å². The zero-order chi connectivity index (χ0) is 10.1. The molecule has 0 spiro atoms. The van der Waals surface area contributed by atoms with Crippen LogP contribution in [0, 0.1) is 0 Å². The molecular formula is C8H5F3OS. The summed E-state index contributed by atoms with van der Waals surface area (Å²) in [5.74, 6) is 0. The Morgan fingerprint density at radius 2 is 1.92 bits per heavy atom. The second-order valence-electron chi connectivity index (χ2n) is 2.39. The molecule has 1 aromatic rings. The summed E-state index contributed by atoms with van der Waals surface area (Å²) in [6.07, 6.45) is -3.93. The van der Waals surface area contributed by atoms with E-state index in [0.717, 1.165) is 18.2 Å². The number of benzene rings is 1. The van der Waals surface area contributed by atoms with Crippen LogP contribution in [0.4, 0.5) is 13.2 Å². The van der Waals surface area contributed by atoms with E-state index in [4.69, 9.17) is 0 Å². The molecule has 0 aliphatic heterocycles. The highest BCUT2D eigenvalue weighted by molar-refractivity contribution is 7.80. The number of aldehydes is 1. The van der Waals surface area contributed by atoms with Crippen LogP contribution in [0.25, 0.3) is 0 Å². The van der Waals surface area contributed by atoms with E-state index in [1.165, 1.54) is 0 Å².